The maximum absolute atomic E-state index is 14.4. The minimum absolute atomic E-state index is 0.0622. The van der Waals surface area contributed by atoms with Crippen LogP contribution < -0.4 is 19.5 Å². The van der Waals surface area contributed by atoms with Crippen LogP contribution in [-0.4, -0.2) is 58.5 Å². The average Bonchev–Trinajstić information content (AvgIpc) is 3.60. The van der Waals surface area contributed by atoms with E-state index in [0.717, 1.165) is 44.6 Å². The molecule has 0 fully saturated rings. The van der Waals surface area contributed by atoms with Crippen LogP contribution in [-0.2, 0) is 33.7 Å². The highest BCUT2D eigenvalue weighted by Crippen LogP contribution is 2.41. The van der Waals surface area contributed by atoms with Crippen molar-refractivity contribution in [2.75, 3.05) is 13.7 Å². The summed E-state index contributed by atoms with van der Waals surface area (Å²) in [6.45, 7) is 7.64. The van der Waals surface area contributed by atoms with E-state index in [1.807, 2.05) is 92.7 Å². The van der Waals surface area contributed by atoms with Gasteiger partial charge in [-0.3, -0.25) is 14.6 Å². The second-order valence-corrected chi connectivity index (χ2v) is 15.4. The van der Waals surface area contributed by atoms with Crippen LogP contribution in [0.3, 0.4) is 0 Å². The minimum Gasteiger partial charge on any atom is -0.485 e. The highest BCUT2D eigenvalue weighted by atomic mass is 35.5. The Labute approximate surface area is 352 Å². The Kier molecular flexibility index (Phi) is 11.3. The van der Waals surface area contributed by atoms with Gasteiger partial charge in [-0.2, -0.15) is 0 Å². The molecule has 3 atom stereocenters. The predicted molar refractivity (Wildman–Crippen MR) is 223 cm³/mol. The molecule has 4 aromatic carbocycles. The van der Waals surface area contributed by atoms with E-state index in [-0.39, 0.29) is 31.7 Å². The number of hydrogen-bond acceptors (Lipinski definition) is 10. The molecule has 8 rings (SSSR count). The Morgan fingerprint density at radius 1 is 0.917 bits per heavy atom. The monoisotopic (exact) mass is 826 g/mol. The van der Waals surface area contributed by atoms with Gasteiger partial charge in [-0.15, -0.1) is 0 Å². The van der Waals surface area contributed by atoms with Crippen LogP contribution >= 0.6 is 11.6 Å². The van der Waals surface area contributed by atoms with Crippen LogP contribution in [0.15, 0.2) is 102 Å². The number of fused-ring (bicyclic) bond motifs is 2. The van der Waals surface area contributed by atoms with Crippen molar-refractivity contribution in [2.24, 2.45) is 0 Å². The lowest BCUT2D eigenvalue weighted by atomic mass is 9.91. The van der Waals surface area contributed by atoms with Gasteiger partial charge in [0.2, 0.25) is 5.91 Å². The number of carbonyl (C=O) groups excluding carboxylic acids is 3. The normalized spacial score (nSPS) is 16.1. The molecule has 2 aliphatic heterocycles. The fourth-order valence-electron chi connectivity index (χ4n) is 7.66. The lowest BCUT2D eigenvalue weighted by Gasteiger charge is -2.37. The van der Waals surface area contributed by atoms with E-state index >= 15 is 0 Å². The van der Waals surface area contributed by atoms with Crippen LogP contribution in [0, 0.1) is 27.7 Å². The zero-order valence-corrected chi connectivity index (χ0v) is 34.5. The van der Waals surface area contributed by atoms with Gasteiger partial charge in [0.05, 0.1) is 7.11 Å². The third-order valence-corrected chi connectivity index (χ3v) is 11.2. The summed E-state index contributed by atoms with van der Waals surface area (Å²) in [4.78, 5) is 52.0. The van der Waals surface area contributed by atoms with Gasteiger partial charge < -0.3 is 33.6 Å². The molecule has 0 bridgehead atoms. The van der Waals surface area contributed by atoms with Gasteiger partial charge >= 0.3 is 5.97 Å². The van der Waals surface area contributed by atoms with Crippen LogP contribution in [0.25, 0.3) is 11.1 Å². The fraction of sp³-hybridized carbons (Fsp3) is 0.255. The van der Waals surface area contributed by atoms with Gasteiger partial charge in [-0.1, -0.05) is 54.1 Å². The number of carbonyl (C=O) groups is 3. The number of nitrogens with one attached hydrogen (secondary N) is 1. The average molecular weight is 827 g/mol. The van der Waals surface area contributed by atoms with Crippen LogP contribution in [0.2, 0.25) is 5.02 Å². The van der Waals surface area contributed by atoms with Crippen molar-refractivity contribution in [1.29, 1.82) is 0 Å². The first kappa shape index (κ1) is 40.1. The highest BCUT2D eigenvalue weighted by Gasteiger charge is 2.39. The summed E-state index contributed by atoms with van der Waals surface area (Å²) in [5.41, 5.74) is 7.51. The van der Waals surface area contributed by atoms with E-state index in [4.69, 9.17) is 35.0 Å². The minimum atomic E-state index is -1.03. The summed E-state index contributed by atoms with van der Waals surface area (Å²) in [6, 6.07) is 26.2. The number of ether oxygens (including phenoxy) is 4. The predicted octanol–water partition coefficient (Wildman–Crippen LogP) is 8.40. The molecular weight excluding hydrogens is 784 g/mol. The second kappa shape index (κ2) is 16.9. The molecule has 0 aliphatic carbocycles. The molecule has 1 N–H and O–H groups in total. The number of aromatic nitrogens is 2. The highest BCUT2D eigenvalue weighted by molar-refractivity contribution is 6.30. The van der Waals surface area contributed by atoms with Crippen molar-refractivity contribution < 1.29 is 37.7 Å². The number of esters is 1. The Hall–Kier alpha value is -6.66. The summed E-state index contributed by atoms with van der Waals surface area (Å²) in [7, 11) is 1.28. The number of methoxy groups -OCH3 is 1. The van der Waals surface area contributed by atoms with Gasteiger partial charge in [0, 0.05) is 43.2 Å². The number of amides is 2. The van der Waals surface area contributed by atoms with E-state index < -0.39 is 36.0 Å². The number of halogens is 1. The Balaban J connectivity index is 1.02. The fourth-order valence-corrected chi connectivity index (χ4v) is 7.84. The van der Waals surface area contributed by atoms with E-state index in [9.17, 15) is 14.4 Å². The first-order valence-corrected chi connectivity index (χ1v) is 19.9. The van der Waals surface area contributed by atoms with E-state index in [1.165, 1.54) is 12.0 Å². The third kappa shape index (κ3) is 8.42. The number of benzene rings is 4. The lowest BCUT2D eigenvalue weighted by molar-refractivity contribution is -0.145. The van der Waals surface area contributed by atoms with E-state index in [2.05, 4.69) is 15.3 Å². The van der Waals surface area contributed by atoms with E-state index in [0.29, 0.717) is 39.7 Å². The molecule has 1 unspecified atom stereocenters. The van der Waals surface area contributed by atoms with Gasteiger partial charge in [-0.05, 0) is 108 Å². The summed E-state index contributed by atoms with van der Waals surface area (Å²) < 4.78 is 29.4. The van der Waals surface area contributed by atoms with Crippen molar-refractivity contribution in [3.63, 3.8) is 0 Å². The van der Waals surface area contributed by atoms with Gasteiger partial charge in [0.15, 0.2) is 29.2 Å². The molecule has 306 valence electrons. The molecular formula is C47H43ClN4O8. The molecule has 2 amide bonds. The van der Waals surface area contributed by atoms with Crippen molar-refractivity contribution >= 4 is 29.4 Å². The standard InChI is InChI=1S/C47H43ClN4O8/c1-26-27(2)49-18-17-38(26)31-11-9-30(10-12-31)19-39(47(55)56-5)51-45(53)40-20-33-21-41-42(22-34(33)24-52(40)46(54)44-28(3)58-29(4)50-44)60-43(25-57-41)32-13-15-36(16-14-32)59-37-8-6-7-35(48)23-37/h6-18,21-23,39-40,43H,19-20,24-25H2,1-5H3,(H,51,53)/t39?,40-,43+/m0/s1. The number of nitrogens with zero attached hydrogens (tertiary/aromatic N) is 3. The zero-order chi connectivity index (χ0) is 42.1. The molecule has 2 aromatic heterocycles. The van der Waals surface area contributed by atoms with E-state index in [1.54, 1.807) is 32.2 Å². The first-order chi connectivity index (χ1) is 28.9. The molecule has 60 heavy (non-hydrogen) atoms. The van der Waals surface area contributed by atoms with Crippen molar-refractivity contribution in [1.82, 2.24) is 20.2 Å². The molecule has 0 saturated heterocycles. The summed E-state index contributed by atoms with van der Waals surface area (Å²) >= 11 is 6.11. The summed E-state index contributed by atoms with van der Waals surface area (Å²) in [5, 5.41) is 3.50. The molecule has 0 spiro atoms. The molecule has 0 saturated carbocycles. The van der Waals surface area contributed by atoms with Crippen LogP contribution in [0.1, 0.15) is 61.8 Å². The Morgan fingerprint density at radius 2 is 1.68 bits per heavy atom. The summed E-state index contributed by atoms with van der Waals surface area (Å²) in [5.74, 6) is 1.38. The molecule has 13 heteroatoms. The maximum atomic E-state index is 14.4. The number of hydrogen-bond donors (Lipinski definition) is 1. The lowest BCUT2D eigenvalue weighted by Crippen LogP contribution is -2.56. The first-order valence-electron chi connectivity index (χ1n) is 19.6. The molecule has 12 nitrogen and oxygen atoms in total. The van der Waals surface area contributed by atoms with Crippen molar-refractivity contribution in [2.45, 2.75) is 65.3 Å². The third-order valence-electron chi connectivity index (χ3n) is 11.0. The largest absolute Gasteiger partial charge is 0.485 e. The van der Waals surface area contributed by atoms with Gasteiger partial charge in [0.1, 0.15) is 35.9 Å². The molecule has 0 radical (unpaired) electrons. The van der Waals surface area contributed by atoms with Crippen LogP contribution in [0.5, 0.6) is 23.0 Å². The van der Waals surface area contributed by atoms with Crippen molar-refractivity contribution in [3.05, 3.63) is 153 Å². The van der Waals surface area contributed by atoms with Crippen LogP contribution in [0.4, 0.5) is 0 Å². The Morgan fingerprint density at radius 3 is 2.40 bits per heavy atom. The maximum Gasteiger partial charge on any atom is 0.328 e. The quantitative estimate of drug-likeness (QED) is 0.134. The smallest absolute Gasteiger partial charge is 0.328 e. The Bertz CT molecular complexity index is 2590. The molecule has 6 aromatic rings. The van der Waals surface area contributed by atoms with Gasteiger partial charge in [0.25, 0.3) is 5.91 Å². The molecule has 2 aliphatic rings. The number of pyridine rings is 1. The second-order valence-electron chi connectivity index (χ2n) is 15.0. The topological polar surface area (TPSA) is 142 Å². The van der Waals surface area contributed by atoms with Gasteiger partial charge in [-0.25, -0.2) is 9.78 Å². The summed E-state index contributed by atoms with van der Waals surface area (Å²) in [6.07, 6.45) is 1.68. The van der Waals surface area contributed by atoms with Crippen molar-refractivity contribution in [3.8, 4) is 34.1 Å². The zero-order valence-electron chi connectivity index (χ0n) is 33.8. The molecule has 4 heterocycles. The number of oxazole rings is 1. The SMILES string of the molecule is COC(=O)C(Cc1ccc(-c2ccnc(C)c2C)cc1)NC(=O)[C@@H]1Cc2cc3c(cc2CN1C(=O)c1nc(C)oc1C)O[C@@H](c1ccc(Oc2cccc(Cl)c2)cc1)CO3. The number of aryl methyl sites for hydroxylation is 3. The number of rotatable bonds is 10.